The normalized spacial score (nSPS) is 17.3. The minimum absolute atomic E-state index is 0.0764. The summed E-state index contributed by atoms with van der Waals surface area (Å²) in [5, 5.41) is 11.6. The number of ether oxygens (including phenoxy) is 1. The number of nitrogens with one attached hydrogen (secondary N) is 1. The van der Waals surface area contributed by atoms with Crippen molar-refractivity contribution in [1.29, 1.82) is 0 Å². The van der Waals surface area contributed by atoms with E-state index in [4.69, 9.17) is 15.4 Å². The van der Waals surface area contributed by atoms with Crippen LogP contribution in [0.25, 0.3) is 5.53 Å². The van der Waals surface area contributed by atoms with Crippen molar-refractivity contribution in [3.63, 3.8) is 0 Å². The number of Topliss-reactive ketones (excluding diaryl/α,β-unsaturated/α-hetero) is 1. The molecule has 2 N–H and O–H groups in total. The molecule has 0 saturated heterocycles. The quantitative estimate of drug-likeness (QED) is 0.362. The molecule has 22 heavy (non-hydrogen) atoms. The summed E-state index contributed by atoms with van der Waals surface area (Å²) < 4.78 is 5.21. The highest BCUT2D eigenvalue weighted by atomic mass is 16.5. The van der Waals surface area contributed by atoms with Crippen LogP contribution in [-0.4, -0.2) is 53.0 Å². The number of carbonyl (C=O) groups excluding carboxylic acids is 2. The maximum atomic E-state index is 12.2. The van der Waals surface area contributed by atoms with Gasteiger partial charge in [-0.3, -0.25) is 9.59 Å². The van der Waals surface area contributed by atoms with Crippen molar-refractivity contribution in [2.24, 2.45) is 5.92 Å². The van der Waals surface area contributed by atoms with Gasteiger partial charge in [0.25, 0.3) is 0 Å². The third-order valence-corrected chi connectivity index (χ3v) is 3.84. The lowest BCUT2D eigenvalue weighted by atomic mass is 9.99. The van der Waals surface area contributed by atoms with Crippen molar-refractivity contribution in [1.82, 2.24) is 5.32 Å². The van der Waals surface area contributed by atoms with Crippen LogP contribution in [0.2, 0.25) is 0 Å². The van der Waals surface area contributed by atoms with Crippen molar-refractivity contribution in [3.8, 4) is 0 Å². The molecule has 8 heteroatoms. The molecular formula is C14H21N3O5. The Hall–Kier alpha value is -2.05. The molecule has 0 bridgehead atoms. The standard InChI is InChI=1S/C14H21N3O5/c1-22-12(9-4-2-3-5-9)13(19)17-11(14(20)21)7-6-10(18)8-16-15/h8-9,11-12H,2-7H2,1H3,(H,17,19)(H,20,21). The van der Waals surface area contributed by atoms with Gasteiger partial charge in [-0.2, -0.15) is 4.79 Å². The average Bonchev–Trinajstić information content (AvgIpc) is 2.98. The summed E-state index contributed by atoms with van der Waals surface area (Å²) in [5.74, 6) is -2.10. The molecule has 1 rings (SSSR count). The van der Waals surface area contributed by atoms with Gasteiger partial charge in [0.1, 0.15) is 12.1 Å². The van der Waals surface area contributed by atoms with Crippen LogP contribution in [-0.2, 0) is 19.1 Å². The number of nitrogens with zero attached hydrogens (tertiary/aromatic N) is 2. The largest absolute Gasteiger partial charge is 0.480 e. The lowest BCUT2D eigenvalue weighted by Crippen LogP contribution is -2.48. The summed E-state index contributed by atoms with van der Waals surface area (Å²) >= 11 is 0. The lowest BCUT2D eigenvalue weighted by molar-refractivity contribution is -0.145. The predicted molar refractivity (Wildman–Crippen MR) is 76.2 cm³/mol. The van der Waals surface area contributed by atoms with Crippen LogP contribution in [0.15, 0.2) is 0 Å². The van der Waals surface area contributed by atoms with Crippen LogP contribution in [0.1, 0.15) is 38.5 Å². The Labute approximate surface area is 128 Å². The molecule has 1 fully saturated rings. The number of rotatable bonds is 9. The monoisotopic (exact) mass is 311 g/mol. The zero-order valence-electron chi connectivity index (χ0n) is 12.5. The first-order chi connectivity index (χ1) is 10.5. The minimum atomic E-state index is -1.22. The van der Waals surface area contributed by atoms with E-state index in [1.165, 1.54) is 7.11 Å². The lowest BCUT2D eigenvalue weighted by Gasteiger charge is -2.23. The number of hydrogen-bond donors (Lipinski definition) is 2. The maximum absolute atomic E-state index is 12.2. The Bertz CT molecular complexity index is 467. The van der Waals surface area contributed by atoms with Gasteiger partial charge in [0, 0.05) is 13.5 Å². The van der Waals surface area contributed by atoms with Crippen molar-refractivity contribution >= 4 is 23.9 Å². The second-order valence-corrected chi connectivity index (χ2v) is 5.35. The van der Waals surface area contributed by atoms with E-state index in [0.29, 0.717) is 6.21 Å². The van der Waals surface area contributed by atoms with Gasteiger partial charge in [-0.1, -0.05) is 12.8 Å². The van der Waals surface area contributed by atoms with E-state index in [0.717, 1.165) is 25.7 Å². The van der Waals surface area contributed by atoms with Crippen LogP contribution in [0.5, 0.6) is 0 Å². The van der Waals surface area contributed by atoms with E-state index in [1.54, 1.807) is 0 Å². The van der Waals surface area contributed by atoms with Crippen molar-refractivity contribution in [3.05, 3.63) is 5.53 Å². The van der Waals surface area contributed by atoms with Crippen LogP contribution < -0.4 is 5.32 Å². The van der Waals surface area contributed by atoms with Crippen LogP contribution in [0.3, 0.4) is 0 Å². The number of methoxy groups -OCH3 is 1. The molecule has 1 saturated carbocycles. The zero-order valence-corrected chi connectivity index (χ0v) is 12.5. The molecule has 2 unspecified atom stereocenters. The van der Waals surface area contributed by atoms with E-state index in [9.17, 15) is 14.4 Å². The molecule has 0 heterocycles. The first kappa shape index (κ1) is 18.0. The third kappa shape index (κ3) is 5.38. The van der Waals surface area contributed by atoms with Gasteiger partial charge in [0.15, 0.2) is 0 Å². The summed E-state index contributed by atoms with van der Waals surface area (Å²) in [7, 11) is 1.43. The smallest absolute Gasteiger partial charge is 0.326 e. The number of carbonyl (C=O) groups is 3. The molecule has 1 amide bonds. The molecule has 2 atom stereocenters. The Kier molecular flexibility index (Phi) is 7.42. The SMILES string of the molecule is COC(C(=O)NC(CCC(=O)C=[N+]=[N-])C(=O)O)C1CCCC1. The molecule has 0 radical (unpaired) electrons. The van der Waals surface area contributed by atoms with Gasteiger partial charge in [0.2, 0.25) is 11.7 Å². The summed E-state index contributed by atoms with van der Waals surface area (Å²) in [6.07, 6.45) is 3.67. The number of aliphatic carboxylic acids is 1. The summed E-state index contributed by atoms with van der Waals surface area (Å²) in [6, 6.07) is -1.18. The molecule has 122 valence electrons. The van der Waals surface area contributed by atoms with E-state index < -0.39 is 29.8 Å². The molecule has 0 aromatic rings. The Morgan fingerprint density at radius 1 is 1.41 bits per heavy atom. The van der Waals surface area contributed by atoms with Gasteiger partial charge >= 0.3 is 12.2 Å². The topological polar surface area (TPSA) is 129 Å². The molecule has 1 aliphatic carbocycles. The highest BCUT2D eigenvalue weighted by Crippen LogP contribution is 2.29. The highest BCUT2D eigenvalue weighted by Gasteiger charge is 2.33. The predicted octanol–water partition coefficient (Wildman–Crippen LogP) is 0.411. The average molecular weight is 311 g/mol. The zero-order chi connectivity index (χ0) is 16.5. The van der Waals surface area contributed by atoms with Gasteiger partial charge < -0.3 is 20.7 Å². The van der Waals surface area contributed by atoms with Gasteiger partial charge in [0.05, 0.1) is 0 Å². The fourth-order valence-corrected chi connectivity index (χ4v) is 2.70. The summed E-state index contributed by atoms with van der Waals surface area (Å²) in [5.41, 5.74) is 8.23. The van der Waals surface area contributed by atoms with Gasteiger partial charge in [-0.25, -0.2) is 4.79 Å². The van der Waals surface area contributed by atoms with E-state index in [1.807, 2.05) is 0 Å². The van der Waals surface area contributed by atoms with E-state index >= 15 is 0 Å². The van der Waals surface area contributed by atoms with Crippen LogP contribution in [0.4, 0.5) is 0 Å². The second kappa shape index (κ2) is 9.07. The van der Waals surface area contributed by atoms with E-state index in [-0.39, 0.29) is 18.8 Å². The molecule has 8 nitrogen and oxygen atoms in total. The van der Waals surface area contributed by atoms with E-state index in [2.05, 4.69) is 10.1 Å². The van der Waals surface area contributed by atoms with Crippen molar-refractivity contribution in [2.75, 3.05) is 7.11 Å². The number of amides is 1. The molecule has 1 aliphatic rings. The Balaban J connectivity index is 2.60. The Morgan fingerprint density at radius 3 is 2.55 bits per heavy atom. The first-order valence-corrected chi connectivity index (χ1v) is 7.25. The molecular weight excluding hydrogens is 290 g/mol. The fraction of sp³-hybridized carbons (Fsp3) is 0.714. The second-order valence-electron chi connectivity index (χ2n) is 5.35. The van der Waals surface area contributed by atoms with Gasteiger partial charge in [-0.15, -0.1) is 0 Å². The first-order valence-electron chi connectivity index (χ1n) is 7.25. The summed E-state index contributed by atoms with van der Waals surface area (Å²) in [6.45, 7) is 0. The maximum Gasteiger partial charge on any atom is 0.326 e. The number of hydrogen-bond acceptors (Lipinski definition) is 4. The highest BCUT2D eigenvalue weighted by molar-refractivity contribution is 6.25. The molecule has 0 aromatic heterocycles. The van der Waals surface area contributed by atoms with Crippen LogP contribution in [0, 0.1) is 5.92 Å². The number of carboxylic acid groups (broad SMARTS) is 1. The molecule has 0 aliphatic heterocycles. The Morgan fingerprint density at radius 2 is 2.05 bits per heavy atom. The van der Waals surface area contributed by atoms with Crippen molar-refractivity contribution in [2.45, 2.75) is 50.7 Å². The fourth-order valence-electron chi connectivity index (χ4n) is 2.70. The summed E-state index contributed by atoms with van der Waals surface area (Å²) in [4.78, 5) is 37.2. The molecule has 0 aromatic carbocycles. The number of ketones is 1. The molecule has 0 spiro atoms. The van der Waals surface area contributed by atoms with Crippen molar-refractivity contribution < 1.29 is 29.0 Å². The van der Waals surface area contributed by atoms with Gasteiger partial charge in [-0.05, 0) is 25.2 Å². The number of carboxylic acids is 1. The minimum Gasteiger partial charge on any atom is -0.480 e. The van der Waals surface area contributed by atoms with Crippen LogP contribution >= 0.6 is 0 Å². The third-order valence-electron chi connectivity index (χ3n) is 3.84.